The highest BCUT2D eigenvalue weighted by molar-refractivity contribution is 5.93. The molecular formula is C22H24N4O4. The van der Waals surface area contributed by atoms with Gasteiger partial charge in [0.1, 0.15) is 0 Å². The zero-order valence-corrected chi connectivity index (χ0v) is 16.6. The van der Waals surface area contributed by atoms with E-state index in [9.17, 15) is 14.4 Å². The van der Waals surface area contributed by atoms with Crippen molar-refractivity contribution in [1.82, 2.24) is 20.3 Å². The molecule has 3 amide bonds. The predicted molar refractivity (Wildman–Crippen MR) is 107 cm³/mol. The highest BCUT2D eigenvalue weighted by Gasteiger charge is 2.49. The Kier molecular flexibility index (Phi) is 4.77. The van der Waals surface area contributed by atoms with Crippen molar-refractivity contribution in [3.8, 4) is 11.3 Å². The lowest BCUT2D eigenvalue weighted by Crippen LogP contribution is -2.59. The highest BCUT2D eigenvalue weighted by Crippen LogP contribution is 2.46. The molecule has 5 rings (SSSR count). The third-order valence-corrected chi connectivity index (χ3v) is 6.62. The summed E-state index contributed by atoms with van der Waals surface area (Å²) >= 11 is 0. The molecule has 8 heteroatoms. The Morgan fingerprint density at radius 1 is 1.13 bits per heavy atom. The molecule has 3 fully saturated rings. The summed E-state index contributed by atoms with van der Waals surface area (Å²) in [6, 6.07) is 11.2. The fourth-order valence-corrected chi connectivity index (χ4v) is 4.89. The first-order valence-electron chi connectivity index (χ1n) is 10.5. The van der Waals surface area contributed by atoms with Gasteiger partial charge in [-0.25, -0.2) is 0 Å². The highest BCUT2D eigenvalue weighted by atomic mass is 16.5. The molecule has 30 heavy (non-hydrogen) atoms. The van der Waals surface area contributed by atoms with Crippen molar-refractivity contribution < 1.29 is 18.9 Å². The lowest BCUT2D eigenvalue weighted by atomic mass is 9.61. The van der Waals surface area contributed by atoms with E-state index in [4.69, 9.17) is 4.52 Å². The number of piperidine rings is 1. The molecule has 1 N–H and O–H groups in total. The van der Waals surface area contributed by atoms with Crippen LogP contribution in [0.5, 0.6) is 0 Å². The molecule has 2 saturated heterocycles. The largest absolute Gasteiger partial charge is 0.355 e. The molecule has 1 aromatic heterocycles. The molecule has 3 heterocycles. The molecule has 2 aliphatic heterocycles. The standard InChI is InChI=1S/C22H24N4O4/c27-20-13-26(9-7-23-20)21(28)16-10-15-6-8-25(12-17(15)16)22(29)18-11-19(30-24-18)14-4-2-1-3-5-14/h1-5,11,15-17H,6-10,12-13H2,(H,23,27)/t15-,16-,17-/m1/s1. The average Bonchev–Trinajstić information content (AvgIpc) is 3.25. The van der Waals surface area contributed by atoms with Crippen LogP contribution >= 0.6 is 0 Å². The lowest BCUT2D eigenvalue weighted by molar-refractivity contribution is -0.151. The Morgan fingerprint density at radius 3 is 2.77 bits per heavy atom. The van der Waals surface area contributed by atoms with Gasteiger partial charge in [-0.3, -0.25) is 14.4 Å². The van der Waals surface area contributed by atoms with Gasteiger partial charge in [-0.05, 0) is 24.7 Å². The summed E-state index contributed by atoms with van der Waals surface area (Å²) in [6.45, 7) is 2.42. The van der Waals surface area contributed by atoms with Gasteiger partial charge < -0.3 is 19.6 Å². The fraction of sp³-hybridized carbons (Fsp3) is 0.455. The lowest BCUT2D eigenvalue weighted by Gasteiger charge is -2.51. The first-order chi connectivity index (χ1) is 14.6. The Labute approximate surface area is 174 Å². The molecule has 2 aromatic rings. The number of rotatable bonds is 3. The molecule has 1 aliphatic carbocycles. The van der Waals surface area contributed by atoms with Crippen molar-refractivity contribution in [2.24, 2.45) is 17.8 Å². The van der Waals surface area contributed by atoms with Crippen LogP contribution in [0, 0.1) is 17.8 Å². The molecule has 0 bridgehead atoms. The second-order valence-corrected chi connectivity index (χ2v) is 8.36. The molecule has 0 spiro atoms. The molecule has 8 nitrogen and oxygen atoms in total. The van der Waals surface area contributed by atoms with E-state index in [2.05, 4.69) is 10.5 Å². The van der Waals surface area contributed by atoms with E-state index in [-0.39, 0.29) is 36.1 Å². The van der Waals surface area contributed by atoms with Gasteiger partial charge in [0.15, 0.2) is 11.5 Å². The van der Waals surface area contributed by atoms with Crippen LogP contribution in [0.3, 0.4) is 0 Å². The fourth-order valence-electron chi connectivity index (χ4n) is 4.89. The van der Waals surface area contributed by atoms with Gasteiger partial charge in [-0.15, -0.1) is 0 Å². The Balaban J connectivity index is 1.25. The number of piperazine rings is 1. The van der Waals surface area contributed by atoms with Crippen molar-refractivity contribution in [1.29, 1.82) is 0 Å². The van der Waals surface area contributed by atoms with Crippen LogP contribution in [0.15, 0.2) is 40.9 Å². The van der Waals surface area contributed by atoms with Crippen molar-refractivity contribution >= 4 is 17.7 Å². The number of nitrogens with zero attached hydrogens (tertiary/aromatic N) is 3. The van der Waals surface area contributed by atoms with Gasteiger partial charge >= 0.3 is 0 Å². The van der Waals surface area contributed by atoms with Gasteiger partial charge in [0.05, 0.1) is 6.54 Å². The summed E-state index contributed by atoms with van der Waals surface area (Å²) in [5.74, 6) is 0.872. The van der Waals surface area contributed by atoms with E-state index in [1.54, 1.807) is 15.9 Å². The minimum atomic E-state index is -0.158. The molecule has 0 radical (unpaired) electrons. The van der Waals surface area contributed by atoms with Crippen LogP contribution < -0.4 is 5.32 Å². The predicted octanol–water partition coefficient (Wildman–Crippen LogP) is 1.40. The monoisotopic (exact) mass is 408 g/mol. The van der Waals surface area contributed by atoms with Crippen LogP contribution in [0.2, 0.25) is 0 Å². The van der Waals surface area contributed by atoms with Gasteiger partial charge in [-0.1, -0.05) is 35.5 Å². The number of fused-ring (bicyclic) bond motifs is 1. The van der Waals surface area contributed by atoms with Crippen molar-refractivity contribution in [3.63, 3.8) is 0 Å². The first-order valence-corrected chi connectivity index (χ1v) is 10.5. The van der Waals surface area contributed by atoms with Crippen LogP contribution in [0.25, 0.3) is 11.3 Å². The Morgan fingerprint density at radius 2 is 1.97 bits per heavy atom. The molecule has 0 unspecified atom stereocenters. The van der Waals surface area contributed by atoms with Crippen LogP contribution in [0.1, 0.15) is 23.3 Å². The van der Waals surface area contributed by atoms with Crippen molar-refractivity contribution in [2.75, 3.05) is 32.7 Å². The number of likely N-dealkylation sites (tertiary alicyclic amines) is 1. The summed E-state index contributed by atoms with van der Waals surface area (Å²) < 4.78 is 5.38. The maximum absolute atomic E-state index is 13.0. The van der Waals surface area contributed by atoms with E-state index >= 15 is 0 Å². The van der Waals surface area contributed by atoms with E-state index in [1.165, 1.54) is 0 Å². The smallest absolute Gasteiger partial charge is 0.276 e. The average molecular weight is 408 g/mol. The van der Waals surface area contributed by atoms with Gasteiger partial charge in [0, 0.05) is 43.7 Å². The van der Waals surface area contributed by atoms with Crippen LogP contribution in [-0.4, -0.2) is 65.4 Å². The molecule has 156 valence electrons. The second kappa shape index (κ2) is 7.59. The number of hydrogen-bond acceptors (Lipinski definition) is 5. The quantitative estimate of drug-likeness (QED) is 0.828. The van der Waals surface area contributed by atoms with Gasteiger partial charge in [0.25, 0.3) is 5.91 Å². The summed E-state index contributed by atoms with van der Waals surface area (Å²) in [5, 5.41) is 6.73. The molecule has 1 aromatic carbocycles. The number of carbonyl (C=O) groups is 3. The first kappa shape index (κ1) is 18.8. The van der Waals surface area contributed by atoms with E-state index in [0.29, 0.717) is 43.6 Å². The molecule has 3 aliphatic rings. The van der Waals surface area contributed by atoms with Crippen molar-refractivity contribution in [3.05, 3.63) is 42.1 Å². The number of hydrogen-bond donors (Lipinski definition) is 1. The SMILES string of the molecule is O=C1CN(C(=O)[C@@H]2C[C@H]3CCN(C(=O)c4cc(-c5ccccc5)on4)C[C@H]32)CCN1. The zero-order chi connectivity index (χ0) is 20.7. The van der Waals surface area contributed by atoms with Gasteiger partial charge in [0.2, 0.25) is 11.8 Å². The Hall–Kier alpha value is -3.16. The maximum Gasteiger partial charge on any atom is 0.276 e. The summed E-state index contributed by atoms with van der Waals surface area (Å²) in [5.41, 5.74) is 1.17. The van der Waals surface area contributed by atoms with Crippen molar-refractivity contribution in [2.45, 2.75) is 12.8 Å². The number of nitrogens with one attached hydrogen (secondary N) is 1. The Bertz CT molecular complexity index is 973. The summed E-state index contributed by atoms with van der Waals surface area (Å²) in [4.78, 5) is 41.0. The number of benzene rings is 1. The topological polar surface area (TPSA) is 95.8 Å². The maximum atomic E-state index is 13.0. The minimum absolute atomic E-state index is 0.0493. The number of aromatic nitrogens is 1. The van der Waals surface area contributed by atoms with Gasteiger partial charge in [-0.2, -0.15) is 0 Å². The van der Waals surface area contributed by atoms with E-state index in [0.717, 1.165) is 18.4 Å². The number of amides is 3. The van der Waals surface area contributed by atoms with E-state index in [1.807, 2.05) is 30.3 Å². The number of carbonyl (C=O) groups excluding carboxylic acids is 3. The molecular weight excluding hydrogens is 384 g/mol. The summed E-state index contributed by atoms with van der Waals surface area (Å²) in [6.07, 6.45) is 1.75. The minimum Gasteiger partial charge on any atom is -0.355 e. The molecule has 3 atom stereocenters. The second-order valence-electron chi connectivity index (χ2n) is 8.36. The third kappa shape index (κ3) is 3.36. The third-order valence-electron chi connectivity index (χ3n) is 6.62. The van der Waals surface area contributed by atoms with E-state index < -0.39 is 0 Å². The van der Waals surface area contributed by atoms with Crippen LogP contribution in [0.4, 0.5) is 0 Å². The molecule has 1 saturated carbocycles. The normalized spacial score (nSPS) is 25.9. The summed E-state index contributed by atoms with van der Waals surface area (Å²) in [7, 11) is 0. The van der Waals surface area contributed by atoms with Crippen LogP contribution in [-0.2, 0) is 9.59 Å². The zero-order valence-electron chi connectivity index (χ0n) is 16.6.